The smallest absolute Gasteiger partial charge is 0.412 e. The van der Waals surface area contributed by atoms with E-state index in [0.717, 1.165) is 6.20 Å². The molecule has 0 fully saturated rings. The molecule has 0 atom stereocenters. The lowest BCUT2D eigenvalue weighted by atomic mass is 10.2. The zero-order valence-corrected chi connectivity index (χ0v) is 9.17. The second-order valence-electron chi connectivity index (χ2n) is 4.11. The fraction of sp³-hybridized carbons (Fsp3) is 0.400. The average molecular weight is 230 g/mol. The molecule has 1 amide bonds. The van der Waals surface area contributed by atoms with Crippen molar-refractivity contribution < 1.29 is 18.3 Å². The molecular weight excluding hydrogens is 218 g/mol. The van der Waals surface area contributed by atoms with Crippen LogP contribution in [0, 0.1) is 11.8 Å². The molecule has 0 saturated carbocycles. The number of halogens is 2. The average Bonchev–Trinajstić information content (AvgIpc) is 2.06. The largest absolute Gasteiger partial charge is 0.444 e. The number of carbonyl (C=O) groups is 1. The Morgan fingerprint density at radius 1 is 1.44 bits per heavy atom. The van der Waals surface area contributed by atoms with Crippen LogP contribution in [0.5, 0.6) is 0 Å². The first-order valence-electron chi connectivity index (χ1n) is 4.59. The summed E-state index contributed by atoms with van der Waals surface area (Å²) in [5.41, 5.74) is -0.913. The minimum atomic E-state index is -0.952. The molecule has 1 aromatic rings. The molecule has 1 heterocycles. The zero-order chi connectivity index (χ0) is 12.3. The van der Waals surface area contributed by atoms with Gasteiger partial charge in [0, 0.05) is 6.07 Å². The normalized spacial score (nSPS) is 11.1. The van der Waals surface area contributed by atoms with Crippen molar-refractivity contribution in [1.82, 2.24) is 4.98 Å². The second-order valence-corrected chi connectivity index (χ2v) is 4.11. The first kappa shape index (κ1) is 12.4. The molecule has 0 aromatic carbocycles. The summed E-state index contributed by atoms with van der Waals surface area (Å²) in [4.78, 5) is 14.5. The monoisotopic (exact) mass is 230 g/mol. The van der Waals surface area contributed by atoms with Gasteiger partial charge in [-0.3, -0.25) is 5.32 Å². The van der Waals surface area contributed by atoms with E-state index >= 15 is 0 Å². The molecule has 0 saturated heterocycles. The number of ether oxygens (including phenoxy) is 1. The highest BCUT2D eigenvalue weighted by Crippen LogP contribution is 2.14. The van der Waals surface area contributed by atoms with Crippen molar-refractivity contribution in [3.05, 3.63) is 24.0 Å². The summed E-state index contributed by atoms with van der Waals surface area (Å²) in [6, 6.07) is 0.576. The van der Waals surface area contributed by atoms with Gasteiger partial charge in [0.25, 0.3) is 0 Å². The molecule has 6 heteroatoms. The molecule has 4 nitrogen and oxygen atoms in total. The molecule has 16 heavy (non-hydrogen) atoms. The Balaban J connectivity index is 2.70. The number of hydrogen-bond acceptors (Lipinski definition) is 3. The van der Waals surface area contributed by atoms with Gasteiger partial charge in [0.1, 0.15) is 5.60 Å². The minimum Gasteiger partial charge on any atom is -0.444 e. The Kier molecular flexibility index (Phi) is 3.41. The third-order valence-electron chi connectivity index (χ3n) is 1.46. The fourth-order valence-corrected chi connectivity index (χ4v) is 0.913. The van der Waals surface area contributed by atoms with Gasteiger partial charge in [0.15, 0.2) is 5.82 Å². The maximum atomic E-state index is 13.1. The van der Waals surface area contributed by atoms with Gasteiger partial charge < -0.3 is 4.74 Å². The SMILES string of the molecule is CC(C)(C)OC(=O)Nc1cnc(F)cc1F. The van der Waals surface area contributed by atoms with E-state index in [0.29, 0.717) is 6.07 Å². The van der Waals surface area contributed by atoms with Gasteiger partial charge in [0.2, 0.25) is 5.95 Å². The Hall–Kier alpha value is -1.72. The number of hydrogen-bond donors (Lipinski definition) is 1. The third-order valence-corrected chi connectivity index (χ3v) is 1.46. The Morgan fingerprint density at radius 2 is 2.06 bits per heavy atom. The van der Waals surface area contributed by atoms with Crippen LogP contribution in [0.2, 0.25) is 0 Å². The van der Waals surface area contributed by atoms with Crippen molar-refractivity contribution in [2.24, 2.45) is 0 Å². The van der Waals surface area contributed by atoms with Gasteiger partial charge >= 0.3 is 6.09 Å². The molecule has 0 aliphatic rings. The van der Waals surface area contributed by atoms with Crippen LogP contribution in [0.15, 0.2) is 12.3 Å². The van der Waals surface area contributed by atoms with E-state index in [1.165, 1.54) is 0 Å². The Labute approximate surface area is 91.6 Å². The molecule has 0 aliphatic carbocycles. The van der Waals surface area contributed by atoms with Crippen LogP contribution >= 0.6 is 0 Å². The van der Waals surface area contributed by atoms with E-state index in [1.807, 2.05) is 0 Å². The Bertz CT molecular complexity index is 402. The fourth-order valence-electron chi connectivity index (χ4n) is 0.913. The van der Waals surface area contributed by atoms with Gasteiger partial charge in [-0.05, 0) is 20.8 Å². The molecule has 0 bridgehead atoms. The van der Waals surface area contributed by atoms with Crippen LogP contribution in [-0.2, 0) is 4.74 Å². The standard InChI is InChI=1S/C10H12F2N2O2/c1-10(2,3)16-9(15)14-7-5-13-8(12)4-6(7)11/h4-5H,1-3H3,(H,14,15). The highest BCUT2D eigenvalue weighted by molar-refractivity contribution is 5.84. The van der Waals surface area contributed by atoms with Crippen molar-refractivity contribution in [3.8, 4) is 0 Å². The highest BCUT2D eigenvalue weighted by Gasteiger charge is 2.17. The van der Waals surface area contributed by atoms with Crippen molar-refractivity contribution in [1.29, 1.82) is 0 Å². The lowest BCUT2D eigenvalue weighted by Crippen LogP contribution is -2.27. The minimum absolute atomic E-state index is 0.226. The number of pyridine rings is 1. The van der Waals surface area contributed by atoms with E-state index in [1.54, 1.807) is 20.8 Å². The number of nitrogens with zero attached hydrogens (tertiary/aromatic N) is 1. The molecule has 0 unspecified atom stereocenters. The number of aromatic nitrogens is 1. The molecule has 0 radical (unpaired) electrons. The lowest BCUT2D eigenvalue weighted by molar-refractivity contribution is 0.0635. The van der Waals surface area contributed by atoms with Crippen LogP contribution in [0.25, 0.3) is 0 Å². The third kappa shape index (κ3) is 3.80. The summed E-state index contributed by atoms with van der Waals surface area (Å²) in [6.45, 7) is 5.02. The summed E-state index contributed by atoms with van der Waals surface area (Å²) < 4.78 is 30.4. The van der Waals surface area contributed by atoms with Gasteiger partial charge in [0.05, 0.1) is 11.9 Å². The first-order chi connectivity index (χ1) is 7.28. The van der Waals surface area contributed by atoms with Crippen molar-refractivity contribution in [2.75, 3.05) is 5.32 Å². The number of amides is 1. The van der Waals surface area contributed by atoms with Crippen LogP contribution in [0.4, 0.5) is 19.3 Å². The highest BCUT2D eigenvalue weighted by atomic mass is 19.1. The van der Waals surface area contributed by atoms with E-state index in [4.69, 9.17) is 4.74 Å². The quantitative estimate of drug-likeness (QED) is 0.754. The summed E-state index contributed by atoms with van der Waals surface area (Å²) in [5.74, 6) is -1.86. The Morgan fingerprint density at radius 3 is 2.56 bits per heavy atom. The van der Waals surface area contributed by atoms with E-state index in [-0.39, 0.29) is 5.69 Å². The maximum absolute atomic E-state index is 13.1. The molecule has 1 rings (SSSR count). The van der Waals surface area contributed by atoms with Crippen LogP contribution in [0.3, 0.4) is 0 Å². The van der Waals surface area contributed by atoms with Gasteiger partial charge in [-0.25, -0.2) is 14.2 Å². The molecule has 88 valence electrons. The van der Waals surface area contributed by atoms with Crippen LogP contribution in [-0.4, -0.2) is 16.7 Å². The van der Waals surface area contributed by atoms with Gasteiger partial charge in [-0.15, -0.1) is 0 Å². The van der Waals surface area contributed by atoms with Crippen molar-refractivity contribution >= 4 is 11.8 Å². The van der Waals surface area contributed by atoms with Gasteiger partial charge in [-0.2, -0.15) is 4.39 Å². The molecule has 1 aromatic heterocycles. The van der Waals surface area contributed by atoms with Crippen molar-refractivity contribution in [3.63, 3.8) is 0 Å². The molecule has 0 aliphatic heterocycles. The number of carbonyl (C=O) groups excluding carboxylic acids is 1. The predicted octanol–water partition coefficient (Wildman–Crippen LogP) is 2.71. The summed E-state index contributed by atoms with van der Waals surface area (Å²) in [5, 5.41) is 2.13. The van der Waals surface area contributed by atoms with E-state index < -0.39 is 23.5 Å². The van der Waals surface area contributed by atoms with Crippen LogP contribution < -0.4 is 5.32 Å². The van der Waals surface area contributed by atoms with Crippen molar-refractivity contribution in [2.45, 2.75) is 26.4 Å². The number of anilines is 1. The molecular formula is C10H12F2N2O2. The summed E-state index contributed by atoms with van der Waals surface area (Å²) in [7, 11) is 0. The predicted molar refractivity (Wildman–Crippen MR) is 54.0 cm³/mol. The lowest BCUT2D eigenvalue weighted by Gasteiger charge is -2.19. The summed E-state index contributed by atoms with van der Waals surface area (Å²) >= 11 is 0. The van der Waals surface area contributed by atoms with E-state index in [2.05, 4.69) is 10.3 Å². The van der Waals surface area contributed by atoms with Crippen LogP contribution in [0.1, 0.15) is 20.8 Å². The van der Waals surface area contributed by atoms with Gasteiger partial charge in [-0.1, -0.05) is 0 Å². The maximum Gasteiger partial charge on any atom is 0.412 e. The number of rotatable bonds is 1. The molecule has 0 spiro atoms. The number of nitrogens with one attached hydrogen (secondary N) is 1. The van der Waals surface area contributed by atoms with E-state index in [9.17, 15) is 13.6 Å². The second kappa shape index (κ2) is 4.42. The molecule has 1 N–H and O–H groups in total. The topological polar surface area (TPSA) is 51.2 Å². The zero-order valence-electron chi connectivity index (χ0n) is 9.17. The summed E-state index contributed by atoms with van der Waals surface area (Å²) in [6.07, 6.45) is 0.0639. The first-order valence-corrected chi connectivity index (χ1v) is 4.59.